The summed E-state index contributed by atoms with van der Waals surface area (Å²) in [6.07, 6.45) is 6.79. The number of H-pyrrole nitrogens is 2. The fourth-order valence-electron chi connectivity index (χ4n) is 4.36. The predicted octanol–water partition coefficient (Wildman–Crippen LogP) is 5.10. The van der Waals surface area contributed by atoms with Crippen molar-refractivity contribution in [2.75, 3.05) is 0 Å². The summed E-state index contributed by atoms with van der Waals surface area (Å²) in [4.78, 5) is 31.6. The molecule has 5 aromatic rings. The molecule has 3 aromatic carbocycles. The summed E-state index contributed by atoms with van der Waals surface area (Å²) in [6.45, 7) is 0.420. The fourth-order valence-corrected chi connectivity index (χ4v) is 4.36. The van der Waals surface area contributed by atoms with Gasteiger partial charge in [-0.25, -0.2) is 0 Å². The molecule has 0 saturated carbocycles. The zero-order valence-corrected chi connectivity index (χ0v) is 21.4. The Balaban J connectivity index is 1.19. The molecule has 0 unspecified atom stereocenters. The minimum atomic E-state index is -0.475. The van der Waals surface area contributed by atoms with E-state index in [0.29, 0.717) is 0 Å². The van der Waals surface area contributed by atoms with E-state index in [4.69, 9.17) is 0 Å². The summed E-state index contributed by atoms with van der Waals surface area (Å²) < 4.78 is 0. The van der Waals surface area contributed by atoms with Gasteiger partial charge < -0.3 is 20.6 Å². The molecule has 2 heterocycles. The number of benzene rings is 3. The molecular formula is C32H24N6O2. The van der Waals surface area contributed by atoms with Crippen molar-refractivity contribution in [3.8, 4) is 12.1 Å². The molecule has 5 rings (SSSR count). The molecule has 0 aliphatic carbocycles. The number of nitriles is 2. The van der Waals surface area contributed by atoms with Gasteiger partial charge in [0.2, 0.25) is 0 Å². The normalized spacial score (nSPS) is 11.7. The van der Waals surface area contributed by atoms with Crippen molar-refractivity contribution in [2.24, 2.45) is 0 Å². The van der Waals surface area contributed by atoms with Crippen molar-refractivity contribution in [3.63, 3.8) is 0 Å². The molecule has 40 heavy (non-hydrogen) atoms. The number of hydrogen-bond acceptors (Lipinski definition) is 4. The van der Waals surface area contributed by atoms with Gasteiger partial charge in [-0.05, 0) is 81.6 Å². The molecule has 2 aromatic heterocycles. The van der Waals surface area contributed by atoms with Gasteiger partial charge in [0.25, 0.3) is 11.8 Å². The average molecular weight is 525 g/mol. The number of nitrogens with zero attached hydrogens (tertiary/aromatic N) is 2. The molecule has 0 saturated heterocycles. The second kappa shape index (κ2) is 11.7. The topological polar surface area (TPSA) is 137 Å². The largest absolute Gasteiger partial charge is 0.361 e. The van der Waals surface area contributed by atoms with Gasteiger partial charge in [-0.2, -0.15) is 10.5 Å². The van der Waals surface area contributed by atoms with E-state index in [2.05, 4.69) is 20.6 Å². The third-order valence-electron chi connectivity index (χ3n) is 6.40. The summed E-state index contributed by atoms with van der Waals surface area (Å²) in [5, 5.41) is 26.6. The van der Waals surface area contributed by atoms with Crippen LogP contribution in [-0.2, 0) is 22.7 Å². The van der Waals surface area contributed by atoms with Gasteiger partial charge in [0, 0.05) is 36.5 Å². The maximum Gasteiger partial charge on any atom is 0.262 e. The number of carbonyl (C=O) groups is 2. The first-order chi connectivity index (χ1) is 19.5. The number of fused-ring (bicyclic) bond motifs is 2. The van der Waals surface area contributed by atoms with Crippen molar-refractivity contribution in [1.82, 2.24) is 20.6 Å². The van der Waals surface area contributed by atoms with Crippen LogP contribution in [0.25, 0.3) is 34.0 Å². The maximum absolute atomic E-state index is 12.7. The van der Waals surface area contributed by atoms with Crippen LogP contribution in [0.15, 0.2) is 96.3 Å². The minimum absolute atomic E-state index is 0.00443. The molecule has 0 atom stereocenters. The van der Waals surface area contributed by atoms with Crippen LogP contribution in [-0.4, -0.2) is 21.8 Å². The van der Waals surface area contributed by atoms with Crippen LogP contribution in [0.1, 0.15) is 22.3 Å². The van der Waals surface area contributed by atoms with E-state index in [1.54, 1.807) is 12.2 Å². The van der Waals surface area contributed by atoms with E-state index < -0.39 is 11.8 Å². The summed E-state index contributed by atoms with van der Waals surface area (Å²) >= 11 is 0. The highest BCUT2D eigenvalue weighted by Gasteiger charge is 2.11. The van der Waals surface area contributed by atoms with Crippen LogP contribution in [0.2, 0.25) is 0 Å². The molecule has 0 bridgehead atoms. The average Bonchev–Trinajstić information content (AvgIpc) is 3.65. The van der Waals surface area contributed by atoms with Gasteiger partial charge in [0.15, 0.2) is 0 Å². The highest BCUT2D eigenvalue weighted by molar-refractivity contribution is 6.02. The van der Waals surface area contributed by atoms with Crippen molar-refractivity contribution < 1.29 is 9.59 Å². The van der Waals surface area contributed by atoms with E-state index in [-0.39, 0.29) is 24.2 Å². The van der Waals surface area contributed by atoms with E-state index >= 15 is 0 Å². The smallest absolute Gasteiger partial charge is 0.262 e. The van der Waals surface area contributed by atoms with Gasteiger partial charge in [-0.15, -0.1) is 0 Å². The van der Waals surface area contributed by atoms with Crippen LogP contribution in [0.4, 0.5) is 0 Å². The van der Waals surface area contributed by atoms with Crippen molar-refractivity contribution in [1.29, 1.82) is 10.5 Å². The Kier molecular flexibility index (Phi) is 7.53. The molecule has 0 aliphatic rings. The second-order valence-corrected chi connectivity index (χ2v) is 9.17. The molecule has 0 spiro atoms. The molecule has 0 radical (unpaired) electrons. The van der Waals surface area contributed by atoms with Crippen molar-refractivity contribution in [2.45, 2.75) is 13.1 Å². The van der Waals surface area contributed by atoms with E-state index in [1.807, 2.05) is 97.3 Å². The lowest BCUT2D eigenvalue weighted by molar-refractivity contribution is -0.118. The Hall–Kier alpha value is -5.86. The molecule has 8 nitrogen and oxygen atoms in total. The first kappa shape index (κ1) is 25.8. The second-order valence-electron chi connectivity index (χ2n) is 9.17. The number of rotatable bonds is 8. The Morgan fingerprint density at radius 2 is 1.15 bits per heavy atom. The molecule has 2 amide bonds. The number of nitrogens with one attached hydrogen (secondary N) is 4. The van der Waals surface area contributed by atoms with Gasteiger partial charge in [-0.3, -0.25) is 9.59 Å². The lowest BCUT2D eigenvalue weighted by Gasteiger charge is -2.08. The van der Waals surface area contributed by atoms with Crippen molar-refractivity contribution in [3.05, 3.63) is 119 Å². The Morgan fingerprint density at radius 1 is 0.675 bits per heavy atom. The Labute approximate surface area is 230 Å². The lowest BCUT2D eigenvalue weighted by Crippen LogP contribution is -2.25. The number of hydrogen-bond donors (Lipinski definition) is 4. The number of aromatic nitrogens is 2. The number of amides is 2. The van der Waals surface area contributed by atoms with Crippen LogP contribution < -0.4 is 10.6 Å². The predicted molar refractivity (Wildman–Crippen MR) is 154 cm³/mol. The number of carbonyl (C=O) groups excluding carboxylic acids is 2. The van der Waals surface area contributed by atoms with Gasteiger partial charge in [0.05, 0.1) is 0 Å². The quantitative estimate of drug-likeness (QED) is 0.166. The Morgan fingerprint density at radius 3 is 1.60 bits per heavy atom. The first-order valence-corrected chi connectivity index (χ1v) is 12.5. The van der Waals surface area contributed by atoms with Crippen LogP contribution in [0, 0.1) is 22.7 Å². The summed E-state index contributed by atoms with van der Waals surface area (Å²) in [6, 6.07) is 26.5. The summed E-state index contributed by atoms with van der Waals surface area (Å²) in [5.74, 6) is -0.950. The van der Waals surface area contributed by atoms with E-state index in [0.717, 1.165) is 44.1 Å². The van der Waals surface area contributed by atoms with Crippen LogP contribution in [0.3, 0.4) is 0 Å². The molecule has 8 heteroatoms. The monoisotopic (exact) mass is 524 g/mol. The third-order valence-corrected chi connectivity index (χ3v) is 6.40. The fraction of sp³-hybridized carbons (Fsp3) is 0.0625. The first-order valence-electron chi connectivity index (χ1n) is 12.5. The third kappa shape index (κ3) is 5.99. The standard InChI is InChI=1S/C32H24N6O2/c33-17-27(15-21-4-6-29-25(13-21)8-10-35-29)31(39)37-19-23-2-1-3-24(12-23)20-38-32(40)28(18-34)16-22-5-7-30-26(14-22)9-11-36-30/h1-16,35-36H,19-20H2,(H,37,39)(H,38,40)/b27-15-,28-16-. The van der Waals surface area contributed by atoms with E-state index in [9.17, 15) is 20.1 Å². The number of aromatic amines is 2. The maximum atomic E-state index is 12.7. The molecule has 0 aliphatic heterocycles. The Bertz CT molecular complexity index is 1740. The lowest BCUT2D eigenvalue weighted by atomic mass is 10.1. The molecular weight excluding hydrogens is 500 g/mol. The molecule has 194 valence electrons. The van der Waals surface area contributed by atoms with E-state index in [1.165, 1.54) is 0 Å². The molecule has 4 N–H and O–H groups in total. The van der Waals surface area contributed by atoms with Crippen LogP contribution >= 0.6 is 0 Å². The van der Waals surface area contributed by atoms with Crippen LogP contribution in [0.5, 0.6) is 0 Å². The zero-order chi connectivity index (χ0) is 27.9. The SMILES string of the molecule is N#C/C(=C/c1ccc2[nH]ccc2c1)C(=O)NCc1cccc(CNC(=O)/C(C#N)=C\c2ccc3[nH]ccc3c2)c1. The summed E-state index contributed by atoms with van der Waals surface area (Å²) in [7, 11) is 0. The summed E-state index contributed by atoms with van der Waals surface area (Å²) in [5.41, 5.74) is 5.09. The highest BCUT2D eigenvalue weighted by atomic mass is 16.2. The van der Waals surface area contributed by atoms with Gasteiger partial charge in [-0.1, -0.05) is 36.4 Å². The highest BCUT2D eigenvalue weighted by Crippen LogP contribution is 2.18. The molecule has 0 fully saturated rings. The van der Waals surface area contributed by atoms with Crippen molar-refractivity contribution >= 4 is 45.8 Å². The van der Waals surface area contributed by atoms with Gasteiger partial charge in [0.1, 0.15) is 23.3 Å². The zero-order valence-electron chi connectivity index (χ0n) is 21.4. The minimum Gasteiger partial charge on any atom is -0.361 e. The van der Waals surface area contributed by atoms with Gasteiger partial charge >= 0.3 is 0 Å².